The molecular formula is C31H40N2O2. The molecule has 4 aliphatic heterocycles. The van der Waals surface area contributed by atoms with Crippen LogP contribution in [0.2, 0.25) is 0 Å². The summed E-state index contributed by atoms with van der Waals surface area (Å²) in [7, 11) is 1.77. The van der Waals surface area contributed by atoms with Gasteiger partial charge < -0.3 is 19.6 Å². The molecular weight excluding hydrogens is 432 g/mol. The van der Waals surface area contributed by atoms with Crippen molar-refractivity contribution in [2.24, 2.45) is 0 Å². The molecule has 4 heteroatoms. The maximum atomic E-state index is 10.0. The minimum absolute atomic E-state index is 0.0556. The lowest BCUT2D eigenvalue weighted by Crippen LogP contribution is -2.47. The molecule has 0 unspecified atom stereocenters. The first-order chi connectivity index (χ1) is 16.5. The average molecular weight is 473 g/mol. The molecule has 4 aliphatic rings. The number of hydrogen-bond acceptors (Lipinski definition) is 4. The van der Waals surface area contributed by atoms with E-state index in [-0.39, 0.29) is 11.1 Å². The van der Waals surface area contributed by atoms with Gasteiger partial charge in [-0.3, -0.25) is 0 Å². The summed E-state index contributed by atoms with van der Waals surface area (Å²) in [5.41, 5.74) is 10.7. The Labute approximate surface area is 210 Å². The van der Waals surface area contributed by atoms with Crippen LogP contribution in [0.15, 0.2) is 36.4 Å². The Morgan fingerprint density at radius 1 is 0.743 bits per heavy atom. The van der Waals surface area contributed by atoms with Crippen molar-refractivity contribution < 1.29 is 9.84 Å². The largest absolute Gasteiger partial charge is 0.508 e. The van der Waals surface area contributed by atoms with Gasteiger partial charge in [0.05, 0.1) is 29.6 Å². The first-order valence-corrected chi connectivity index (χ1v) is 13.0. The summed E-state index contributed by atoms with van der Waals surface area (Å²) >= 11 is 0. The number of phenols is 1. The highest BCUT2D eigenvalue weighted by Crippen LogP contribution is 2.47. The SMILES string of the molecule is CC1=CC(C)(C)N2CCCc3c(O)ccc1c32.COc1ccc2c3c1CCCN3C(C)(C)C=C2C. The molecule has 0 atom stereocenters. The van der Waals surface area contributed by atoms with Crippen LogP contribution in [-0.2, 0) is 12.8 Å². The lowest BCUT2D eigenvalue weighted by molar-refractivity contribution is 0.405. The van der Waals surface area contributed by atoms with Crippen LogP contribution in [0.1, 0.15) is 76.6 Å². The van der Waals surface area contributed by atoms with E-state index in [9.17, 15) is 5.11 Å². The molecule has 2 aromatic carbocycles. The number of rotatable bonds is 1. The van der Waals surface area contributed by atoms with E-state index in [0.29, 0.717) is 5.75 Å². The molecule has 0 aliphatic carbocycles. The lowest BCUT2D eigenvalue weighted by Gasteiger charge is -2.46. The van der Waals surface area contributed by atoms with Crippen LogP contribution in [0.4, 0.5) is 11.4 Å². The van der Waals surface area contributed by atoms with E-state index in [1.54, 1.807) is 7.11 Å². The van der Waals surface area contributed by atoms with E-state index in [4.69, 9.17) is 4.74 Å². The van der Waals surface area contributed by atoms with Crippen molar-refractivity contribution in [2.45, 2.75) is 78.3 Å². The van der Waals surface area contributed by atoms with Gasteiger partial charge in [-0.05, 0) is 103 Å². The van der Waals surface area contributed by atoms with Crippen molar-refractivity contribution in [3.05, 3.63) is 58.7 Å². The number of ether oxygens (including phenoxy) is 1. The maximum Gasteiger partial charge on any atom is 0.124 e. The van der Waals surface area contributed by atoms with Crippen molar-refractivity contribution in [1.82, 2.24) is 0 Å². The summed E-state index contributed by atoms with van der Waals surface area (Å²) in [5.74, 6) is 1.50. The van der Waals surface area contributed by atoms with Gasteiger partial charge in [-0.25, -0.2) is 0 Å². The highest BCUT2D eigenvalue weighted by atomic mass is 16.5. The number of nitrogens with zero attached hydrogens (tertiary/aromatic N) is 2. The molecule has 0 radical (unpaired) electrons. The number of aromatic hydroxyl groups is 1. The fourth-order valence-electron chi connectivity index (χ4n) is 6.75. The molecule has 0 saturated heterocycles. The second-order valence-electron chi connectivity index (χ2n) is 11.6. The third-order valence-corrected chi connectivity index (χ3v) is 8.26. The van der Waals surface area contributed by atoms with Crippen LogP contribution >= 0.6 is 0 Å². The van der Waals surface area contributed by atoms with Crippen molar-refractivity contribution >= 4 is 22.5 Å². The molecule has 0 amide bonds. The van der Waals surface area contributed by atoms with E-state index >= 15 is 0 Å². The molecule has 0 fully saturated rings. The first kappa shape index (κ1) is 23.8. The van der Waals surface area contributed by atoms with E-state index < -0.39 is 0 Å². The Bertz CT molecular complexity index is 1240. The Kier molecular flexibility index (Phi) is 5.69. The summed E-state index contributed by atoms with van der Waals surface area (Å²) in [4.78, 5) is 4.98. The summed E-state index contributed by atoms with van der Waals surface area (Å²) in [6, 6.07) is 8.21. The topological polar surface area (TPSA) is 35.9 Å². The number of phenolic OH excluding ortho intramolecular Hbond substituents is 1. The van der Waals surface area contributed by atoms with E-state index in [1.165, 1.54) is 45.6 Å². The van der Waals surface area contributed by atoms with Crippen molar-refractivity contribution in [3.8, 4) is 11.5 Å². The van der Waals surface area contributed by atoms with E-state index in [0.717, 1.165) is 43.7 Å². The lowest BCUT2D eigenvalue weighted by atomic mass is 9.83. The summed E-state index contributed by atoms with van der Waals surface area (Å²) in [6.07, 6.45) is 9.18. The van der Waals surface area contributed by atoms with Crippen LogP contribution in [0, 0.1) is 0 Å². The number of methoxy groups -OCH3 is 1. The number of hydrogen-bond donors (Lipinski definition) is 1. The van der Waals surface area contributed by atoms with Gasteiger partial charge in [0, 0.05) is 35.3 Å². The monoisotopic (exact) mass is 472 g/mol. The second kappa shape index (κ2) is 8.36. The Morgan fingerprint density at radius 3 is 1.77 bits per heavy atom. The minimum Gasteiger partial charge on any atom is -0.508 e. The summed E-state index contributed by atoms with van der Waals surface area (Å²) < 4.78 is 5.54. The standard InChI is InChI=1S/C16H21NO.C15H19NO/c1-11-10-16(2,3)17-9-5-6-13-14(18-4)8-7-12(11)15(13)17;1-10-9-15(2,3)16-8-4-5-12-13(17)7-6-11(10)14(12)16/h7-8,10H,5-6,9H2,1-4H3;6-7,9,17H,4-5,8H2,1-3H3. The molecule has 4 heterocycles. The van der Waals surface area contributed by atoms with E-state index in [1.807, 2.05) is 12.1 Å². The molecule has 0 saturated carbocycles. The quantitative estimate of drug-likeness (QED) is 0.485. The molecule has 0 bridgehead atoms. The van der Waals surface area contributed by atoms with Crippen LogP contribution in [0.5, 0.6) is 11.5 Å². The van der Waals surface area contributed by atoms with Gasteiger partial charge in [0.2, 0.25) is 0 Å². The molecule has 2 aromatic rings. The minimum atomic E-state index is 0.0556. The molecule has 1 N–H and O–H groups in total. The van der Waals surface area contributed by atoms with Crippen LogP contribution in [0.25, 0.3) is 11.1 Å². The maximum absolute atomic E-state index is 10.0. The Hall–Kier alpha value is -2.88. The molecule has 35 heavy (non-hydrogen) atoms. The third kappa shape index (κ3) is 3.82. The van der Waals surface area contributed by atoms with E-state index in [2.05, 4.69) is 75.6 Å². The molecule has 6 rings (SSSR count). The van der Waals surface area contributed by atoms with Gasteiger partial charge in [0.25, 0.3) is 0 Å². The fourth-order valence-corrected chi connectivity index (χ4v) is 6.75. The Morgan fingerprint density at radius 2 is 1.23 bits per heavy atom. The highest BCUT2D eigenvalue weighted by molar-refractivity contribution is 5.86. The zero-order valence-corrected chi connectivity index (χ0v) is 22.5. The predicted octanol–water partition coefficient (Wildman–Crippen LogP) is 6.98. The normalized spacial score (nSPS) is 20.5. The van der Waals surface area contributed by atoms with Crippen molar-refractivity contribution in [3.63, 3.8) is 0 Å². The van der Waals surface area contributed by atoms with Gasteiger partial charge in [0.15, 0.2) is 0 Å². The highest BCUT2D eigenvalue weighted by Gasteiger charge is 2.36. The van der Waals surface area contributed by atoms with Crippen molar-refractivity contribution in [2.75, 3.05) is 30.0 Å². The smallest absolute Gasteiger partial charge is 0.124 e. The molecule has 0 aromatic heterocycles. The van der Waals surface area contributed by atoms with Crippen LogP contribution in [-0.4, -0.2) is 36.4 Å². The van der Waals surface area contributed by atoms with Gasteiger partial charge in [-0.2, -0.15) is 0 Å². The average Bonchev–Trinajstić information content (AvgIpc) is 2.81. The van der Waals surface area contributed by atoms with Gasteiger partial charge >= 0.3 is 0 Å². The second-order valence-corrected chi connectivity index (χ2v) is 11.6. The molecule has 0 spiro atoms. The number of allylic oxidation sites excluding steroid dienone is 2. The third-order valence-electron chi connectivity index (χ3n) is 8.26. The fraction of sp³-hybridized carbons (Fsp3) is 0.484. The van der Waals surface area contributed by atoms with Crippen LogP contribution in [0.3, 0.4) is 0 Å². The summed E-state index contributed by atoms with van der Waals surface area (Å²) in [5, 5.41) is 10.0. The zero-order chi connectivity index (χ0) is 25.1. The zero-order valence-electron chi connectivity index (χ0n) is 22.5. The van der Waals surface area contributed by atoms with Crippen LogP contribution < -0.4 is 14.5 Å². The Balaban J connectivity index is 0.000000145. The van der Waals surface area contributed by atoms with Gasteiger partial charge in [0.1, 0.15) is 11.5 Å². The predicted molar refractivity (Wildman–Crippen MR) is 148 cm³/mol. The molecule has 4 nitrogen and oxygen atoms in total. The first-order valence-electron chi connectivity index (χ1n) is 13.0. The van der Waals surface area contributed by atoms with Crippen molar-refractivity contribution in [1.29, 1.82) is 0 Å². The van der Waals surface area contributed by atoms with Gasteiger partial charge in [-0.1, -0.05) is 12.2 Å². The number of anilines is 2. The number of benzene rings is 2. The van der Waals surface area contributed by atoms with Gasteiger partial charge in [-0.15, -0.1) is 0 Å². The molecule has 186 valence electrons. The summed E-state index contributed by atoms with van der Waals surface area (Å²) in [6.45, 7) is 15.7.